The van der Waals surface area contributed by atoms with E-state index in [0.29, 0.717) is 105 Å². The van der Waals surface area contributed by atoms with E-state index in [0.717, 1.165) is 37.7 Å². The summed E-state index contributed by atoms with van der Waals surface area (Å²) in [6, 6.07) is 16.3. The first kappa shape index (κ1) is 42.4. The predicted molar refractivity (Wildman–Crippen MR) is 229 cm³/mol. The fraction of sp³-hybridized carbons (Fsp3) is 0.422. The monoisotopic (exact) mass is 844 g/mol. The molecule has 1 atom stereocenters. The van der Waals surface area contributed by atoms with E-state index in [1.807, 2.05) is 42.5 Å². The number of carbonyl (C=O) groups is 2. The molecule has 14 heteroatoms. The number of halogens is 3. The van der Waals surface area contributed by atoms with E-state index < -0.39 is 17.2 Å². The zero-order chi connectivity index (χ0) is 41.9. The van der Waals surface area contributed by atoms with Crippen molar-refractivity contribution in [2.24, 2.45) is 5.41 Å². The first-order chi connectivity index (χ1) is 28.4. The number of methoxy groups -OCH3 is 2. The van der Waals surface area contributed by atoms with Crippen LogP contribution in [0.25, 0.3) is 22.3 Å². The molecule has 8 rings (SSSR count). The maximum Gasteiger partial charge on any atom is 0.309 e. The SMILES string of the molecule is COc1cc(-c2cccc(-c3cccc(NCc4nc(OC)c(CN(C)C56CCC(C(=O)O)(CC5)CC6)cc4Cl)c3C=N)c2Cl)cc(F)c1CNCC1CCCC(=O)N1. The molecule has 2 bridgehead atoms. The normalized spacial score (nSPS) is 21.3. The number of hydrogen-bond acceptors (Lipinski definition) is 9. The van der Waals surface area contributed by atoms with Crippen molar-refractivity contribution >= 4 is 47.0 Å². The number of pyridine rings is 1. The fourth-order valence-electron chi connectivity index (χ4n) is 9.22. The number of nitrogens with zero attached hydrogens (tertiary/aromatic N) is 2. The Morgan fingerprint density at radius 1 is 1.03 bits per heavy atom. The number of amides is 1. The van der Waals surface area contributed by atoms with Crippen molar-refractivity contribution in [3.8, 4) is 33.9 Å². The van der Waals surface area contributed by atoms with Crippen molar-refractivity contribution in [2.45, 2.75) is 89.0 Å². The van der Waals surface area contributed by atoms with Crippen LogP contribution in [0.5, 0.6) is 11.6 Å². The number of fused-ring (bicyclic) bond motifs is 3. The van der Waals surface area contributed by atoms with Crippen molar-refractivity contribution in [3.05, 3.63) is 92.8 Å². The summed E-state index contributed by atoms with van der Waals surface area (Å²) in [5.74, 6) is -0.223. The Morgan fingerprint density at radius 3 is 2.42 bits per heavy atom. The first-order valence-electron chi connectivity index (χ1n) is 20.1. The van der Waals surface area contributed by atoms with Gasteiger partial charge in [-0.1, -0.05) is 53.5 Å². The van der Waals surface area contributed by atoms with Gasteiger partial charge in [0, 0.05) is 77.4 Å². The standard InChI is InChI=1S/C45H51Cl2FN6O5/c1-54(45-16-13-44(14-17-45,15-18-45)43(56)57)26-28-19-35(46)38(53-42(28)59-3)25-51-37-11-6-9-31(33(37)22-49)32-10-5-8-30(41(32)47)27-20-36(48)34(39(21-27)58-2)24-50-23-29-7-4-12-40(55)52-29/h5-6,8-11,19-22,29,49-51H,4,7,12-18,23-26H2,1-3H3,(H,52,55)(H,56,57). The number of aromatic nitrogens is 1. The molecule has 1 unspecified atom stereocenters. The molecule has 1 amide bonds. The maximum absolute atomic E-state index is 15.7. The second-order valence-electron chi connectivity index (χ2n) is 16.1. The minimum Gasteiger partial charge on any atom is -0.496 e. The van der Waals surface area contributed by atoms with Crippen LogP contribution in [0.15, 0.2) is 54.6 Å². The minimum atomic E-state index is -0.668. The van der Waals surface area contributed by atoms with E-state index in [4.69, 9.17) is 43.1 Å². The number of piperidine rings is 1. The summed E-state index contributed by atoms with van der Waals surface area (Å²) in [7, 11) is 5.18. The number of aliphatic carboxylic acids is 1. The predicted octanol–water partition coefficient (Wildman–Crippen LogP) is 8.86. The fourth-order valence-corrected chi connectivity index (χ4v) is 9.80. The molecule has 5 N–H and O–H groups in total. The summed E-state index contributed by atoms with van der Waals surface area (Å²) in [5, 5.41) is 28.8. The number of carbonyl (C=O) groups excluding carboxylic acids is 1. The van der Waals surface area contributed by atoms with Gasteiger partial charge in [0.2, 0.25) is 11.8 Å². The molecule has 4 aliphatic rings. The van der Waals surface area contributed by atoms with Gasteiger partial charge in [0.1, 0.15) is 11.6 Å². The average Bonchev–Trinajstić information content (AvgIpc) is 3.24. The highest BCUT2D eigenvalue weighted by Crippen LogP contribution is 2.55. The Morgan fingerprint density at radius 2 is 1.75 bits per heavy atom. The van der Waals surface area contributed by atoms with Gasteiger partial charge in [0.15, 0.2) is 0 Å². The van der Waals surface area contributed by atoms with Gasteiger partial charge < -0.3 is 35.9 Å². The Labute approximate surface area is 354 Å². The van der Waals surface area contributed by atoms with Crippen molar-refractivity contribution in [1.82, 2.24) is 20.5 Å². The maximum atomic E-state index is 15.7. The van der Waals surface area contributed by atoms with Crippen molar-refractivity contribution < 1.29 is 28.6 Å². The summed E-state index contributed by atoms with van der Waals surface area (Å²) in [5.41, 5.74) is 4.96. The van der Waals surface area contributed by atoms with E-state index in [2.05, 4.69) is 27.9 Å². The van der Waals surface area contributed by atoms with E-state index in [1.54, 1.807) is 13.2 Å². The molecular weight excluding hydrogens is 794 g/mol. The Kier molecular flexibility index (Phi) is 12.8. The van der Waals surface area contributed by atoms with Crippen molar-refractivity contribution in [1.29, 1.82) is 5.41 Å². The Hall–Kier alpha value is -4.75. The zero-order valence-electron chi connectivity index (χ0n) is 33.7. The summed E-state index contributed by atoms with van der Waals surface area (Å²) >= 11 is 14.0. The second-order valence-corrected chi connectivity index (χ2v) is 16.9. The van der Waals surface area contributed by atoms with E-state index in [-0.39, 0.29) is 30.6 Å². The van der Waals surface area contributed by atoms with Crippen LogP contribution >= 0.6 is 23.2 Å². The molecule has 4 fully saturated rings. The molecule has 1 aromatic heterocycles. The summed E-state index contributed by atoms with van der Waals surface area (Å²) in [4.78, 5) is 30.9. The topological polar surface area (TPSA) is 149 Å². The van der Waals surface area contributed by atoms with Crippen LogP contribution in [-0.2, 0) is 29.2 Å². The summed E-state index contributed by atoms with van der Waals surface area (Å²) in [6.07, 6.45) is 8.12. The summed E-state index contributed by atoms with van der Waals surface area (Å²) < 4.78 is 27.1. The van der Waals surface area contributed by atoms with Gasteiger partial charge in [-0.3, -0.25) is 14.5 Å². The third kappa shape index (κ3) is 8.64. The first-order valence-corrected chi connectivity index (χ1v) is 20.9. The Balaban J connectivity index is 1.07. The van der Waals surface area contributed by atoms with Gasteiger partial charge in [-0.25, -0.2) is 9.37 Å². The number of benzene rings is 3. The lowest BCUT2D eigenvalue weighted by Crippen LogP contribution is -2.56. The molecule has 11 nitrogen and oxygen atoms in total. The number of rotatable bonds is 16. The molecule has 4 aromatic rings. The zero-order valence-corrected chi connectivity index (χ0v) is 35.2. The van der Waals surface area contributed by atoms with Gasteiger partial charge in [0.05, 0.1) is 41.9 Å². The minimum absolute atomic E-state index is 0.00780. The van der Waals surface area contributed by atoms with Gasteiger partial charge >= 0.3 is 5.97 Å². The van der Waals surface area contributed by atoms with Gasteiger partial charge in [-0.05, 0) is 93.8 Å². The molecule has 3 aromatic carbocycles. The third-order valence-corrected chi connectivity index (χ3v) is 13.6. The lowest BCUT2D eigenvalue weighted by Gasteiger charge is -2.55. The smallest absolute Gasteiger partial charge is 0.309 e. The van der Waals surface area contributed by atoms with Crippen LogP contribution in [0.2, 0.25) is 10.0 Å². The molecule has 0 spiro atoms. The highest BCUT2D eigenvalue weighted by atomic mass is 35.5. The quantitative estimate of drug-likeness (QED) is 0.0698. The molecule has 1 saturated heterocycles. The highest BCUT2D eigenvalue weighted by Gasteiger charge is 2.54. The molecule has 1 aliphatic heterocycles. The van der Waals surface area contributed by atoms with Crippen LogP contribution in [0.3, 0.4) is 0 Å². The number of carboxylic acids is 1. The lowest BCUT2D eigenvalue weighted by molar-refractivity contribution is -0.160. The summed E-state index contributed by atoms with van der Waals surface area (Å²) in [6.45, 7) is 1.56. The third-order valence-electron chi connectivity index (χ3n) is 12.8. The number of carboxylic acid groups (broad SMARTS) is 1. The van der Waals surface area contributed by atoms with E-state index in [1.165, 1.54) is 19.4 Å². The van der Waals surface area contributed by atoms with Crippen LogP contribution in [0.1, 0.15) is 80.2 Å². The van der Waals surface area contributed by atoms with Crippen LogP contribution in [0, 0.1) is 16.6 Å². The molecule has 0 radical (unpaired) electrons. The average molecular weight is 846 g/mol. The lowest BCUT2D eigenvalue weighted by atomic mass is 9.57. The van der Waals surface area contributed by atoms with Crippen molar-refractivity contribution in [3.63, 3.8) is 0 Å². The van der Waals surface area contributed by atoms with Gasteiger partial charge in [-0.2, -0.15) is 0 Å². The largest absolute Gasteiger partial charge is 0.496 e. The molecule has 59 heavy (non-hydrogen) atoms. The van der Waals surface area contributed by atoms with Crippen LogP contribution in [0.4, 0.5) is 10.1 Å². The second kappa shape index (κ2) is 17.8. The van der Waals surface area contributed by atoms with E-state index in [9.17, 15) is 14.7 Å². The molecule has 3 aliphatic carbocycles. The highest BCUT2D eigenvalue weighted by molar-refractivity contribution is 6.36. The molecule has 312 valence electrons. The van der Waals surface area contributed by atoms with Crippen LogP contribution < -0.4 is 25.4 Å². The molecule has 2 heterocycles. The Bertz CT molecular complexity index is 2230. The number of nitrogens with one attached hydrogen (secondary N) is 4. The molecular formula is C45H51Cl2FN6O5. The number of ether oxygens (including phenoxy) is 2. The number of anilines is 1. The van der Waals surface area contributed by atoms with E-state index >= 15 is 4.39 Å². The van der Waals surface area contributed by atoms with Gasteiger partial charge in [-0.15, -0.1) is 0 Å². The van der Waals surface area contributed by atoms with Crippen molar-refractivity contribution in [2.75, 3.05) is 33.1 Å². The number of hydrogen-bond donors (Lipinski definition) is 5. The molecule has 3 saturated carbocycles. The van der Waals surface area contributed by atoms with Crippen LogP contribution in [-0.4, -0.2) is 72.5 Å². The van der Waals surface area contributed by atoms with Gasteiger partial charge in [0.25, 0.3) is 0 Å².